The van der Waals surface area contributed by atoms with Crippen molar-refractivity contribution in [3.8, 4) is 6.07 Å². The Kier molecular flexibility index (Phi) is 5.11. The molecule has 1 atom stereocenters. The summed E-state index contributed by atoms with van der Waals surface area (Å²) in [4.78, 5) is 12.9. The number of aryl methyl sites for hydroxylation is 2. The number of rotatable bonds is 5. The van der Waals surface area contributed by atoms with E-state index in [1.807, 2.05) is 38.1 Å². The number of ketones is 1. The van der Waals surface area contributed by atoms with Gasteiger partial charge in [-0.1, -0.05) is 17.7 Å². The second kappa shape index (κ2) is 6.36. The van der Waals surface area contributed by atoms with Crippen LogP contribution in [0.15, 0.2) is 23.1 Å². The van der Waals surface area contributed by atoms with Gasteiger partial charge in [0.2, 0.25) is 0 Å². The normalized spacial score (nSPS) is 11.7. The molecule has 18 heavy (non-hydrogen) atoms. The SMILES string of the molecule is CC(=N)[C@@H](C#N)C(=O)CSc1cc(C)ccc1C. The zero-order valence-corrected chi connectivity index (χ0v) is 11.6. The maximum atomic E-state index is 11.8. The van der Waals surface area contributed by atoms with Gasteiger partial charge in [-0.25, -0.2) is 0 Å². The van der Waals surface area contributed by atoms with Gasteiger partial charge >= 0.3 is 0 Å². The molecule has 4 heteroatoms. The Morgan fingerprint density at radius 3 is 2.72 bits per heavy atom. The minimum Gasteiger partial charge on any atom is -0.308 e. The number of carbonyl (C=O) groups is 1. The van der Waals surface area contributed by atoms with Gasteiger partial charge in [0.25, 0.3) is 0 Å². The Morgan fingerprint density at radius 1 is 1.50 bits per heavy atom. The third-order valence-electron chi connectivity index (χ3n) is 2.60. The number of Topliss-reactive ketones (excluding diaryl/α,β-unsaturated/α-hetero) is 1. The fourth-order valence-corrected chi connectivity index (χ4v) is 2.53. The van der Waals surface area contributed by atoms with Crippen LogP contribution in [0, 0.1) is 36.5 Å². The number of benzene rings is 1. The van der Waals surface area contributed by atoms with E-state index in [4.69, 9.17) is 10.7 Å². The Bertz CT molecular complexity index is 517. The summed E-state index contributed by atoms with van der Waals surface area (Å²) in [6.45, 7) is 5.50. The van der Waals surface area contributed by atoms with E-state index in [9.17, 15) is 4.79 Å². The third kappa shape index (κ3) is 3.71. The van der Waals surface area contributed by atoms with Crippen molar-refractivity contribution in [3.05, 3.63) is 29.3 Å². The van der Waals surface area contributed by atoms with E-state index in [-0.39, 0.29) is 17.2 Å². The molecule has 1 rings (SSSR count). The number of nitrogens with one attached hydrogen (secondary N) is 1. The molecule has 1 N–H and O–H groups in total. The molecule has 0 fully saturated rings. The summed E-state index contributed by atoms with van der Waals surface area (Å²) in [6, 6.07) is 7.96. The van der Waals surface area contributed by atoms with E-state index < -0.39 is 5.92 Å². The summed E-state index contributed by atoms with van der Waals surface area (Å²) in [6.07, 6.45) is 0. The first-order valence-electron chi connectivity index (χ1n) is 5.63. The molecule has 0 bridgehead atoms. The van der Waals surface area contributed by atoms with E-state index in [1.54, 1.807) is 0 Å². The highest BCUT2D eigenvalue weighted by molar-refractivity contribution is 8.00. The smallest absolute Gasteiger partial charge is 0.165 e. The minimum atomic E-state index is -0.900. The van der Waals surface area contributed by atoms with Crippen LogP contribution in [-0.4, -0.2) is 17.2 Å². The maximum absolute atomic E-state index is 11.8. The number of hydrogen-bond acceptors (Lipinski definition) is 4. The van der Waals surface area contributed by atoms with Crippen molar-refractivity contribution in [2.45, 2.75) is 25.7 Å². The van der Waals surface area contributed by atoms with Crippen molar-refractivity contribution in [2.75, 3.05) is 5.75 Å². The monoisotopic (exact) mass is 260 g/mol. The molecule has 0 radical (unpaired) electrons. The van der Waals surface area contributed by atoms with Gasteiger partial charge in [-0.15, -0.1) is 11.8 Å². The molecule has 1 aromatic rings. The van der Waals surface area contributed by atoms with Gasteiger partial charge in [0.05, 0.1) is 11.8 Å². The molecule has 0 unspecified atom stereocenters. The Hall–Kier alpha value is -1.60. The topological polar surface area (TPSA) is 64.7 Å². The zero-order valence-electron chi connectivity index (χ0n) is 10.8. The second-order valence-electron chi connectivity index (χ2n) is 4.27. The van der Waals surface area contributed by atoms with Crippen molar-refractivity contribution in [1.29, 1.82) is 10.7 Å². The molecule has 0 saturated heterocycles. The highest BCUT2D eigenvalue weighted by Crippen LogP contribution is 2.24. The van der Waals surface area contributed by atoms with Crippen molar-refractivity contribution in [3.63, 3.8) is 0 Å². The lowest BCUT2D eigenvalue weighted by Gasteiger charge is -2.08. The fraction of sp³-hybridized carbons (Fsp3) is 0.357. The van der Waals surface area contributed by atoms with Crippen molar-refractivity contribution in [2.24, 2.45) is 5.92 Å². The van der Waals surface area contributed by atoms with Crippen LogP contribution >= 0.6 is 11.8 Å². The number of hydrogen-bond donors (Lipinski definition) is 1. The highest BCUT2D eigenvalue weighted by atomic mass is 32.2. The van der Waals surface area contributed by atoms with E-state index in [0.717, 1.165) is 16.0 Å². The summed E-state index contributed by atoms with van der Waals surface area (Å²) in [5.74, 6) is -0.864. The van der Waals surface area contributed by atoms with Gasteiger partial charge in [-0.3, -0.25) is 4.79 Å². The summed E-state index contributed by atoms with van der Waals surface area (Å²) in [7, 11) is 0. The van der Waals surface area contributed by atoms with E-state index >= 15 is 0 Å². The third-order valence-corrected chi connectivity index (χ3v) is 3.78. The number of thioether (sulfide) groups is 1. The second-order valence-corrected chi connectivity index (χ2v) is 5.29. The predicted octanol–water partition coefficient (Wildman–Crippen LogP) is 3.14. The van der Waals surface area contributed by atoms with Crippen LogP contribution in [0.25, 0.3) is 0 Å². The van der Waals surface area contributed by atoms with Crippen LogP contribution < -0.4 is 0 Å². The van der Waals surface area contributed by atoms with Crippen molar-refractivity contribution >= 4 is 23.3 Å². The van der Waals surface area contributed by atoms with E-state index in [2.05, 4.69) is 0 Å². The first-order chi connectivity index (χ1) is 8.45. The molecule has 0 heterocycles. The van der Waals surface area contributed by atoms with Gasteiger partial charge in [-0.2, -0.15) is 5.26 Å². The molecular formula is C14H16N2OS. The van der Waals surface area contributed by atoms with E-state index in [1.165, 1.54) is 18.7 Å². The number of nitriles is 1. The summed E-state index contributed by atoms with van der Waals surface area (Å²) in [5, 5.41) is 16.2. The van der Waals surface area contributed by atoms with Crippen LogP contribution in [0.1, 0.15) is 18.1 Å². The van der Waals surface area contributed by atoms with Gasteiger partial charge in [0.1, 0.15) is 5.92 Å². The van der Waals surface area contributed by atoms with Crippen LogP contribution in [0.3, 0.4) is 0 Å². The first-order valence-corrected chi connectivity index (χ1v) is 6.61. The zero-order chi connectivity index (χ0) is 13.7. The molecular weight excluding hydrogens is 244 g/mol. The summed E-state index contributed by atoms with van der Waals surface area (Å²) in [5.41, 5.74) is 2.39. The molecule has 0 saturated carbocycles. The Morgan fingerprint density at radius 2 is 2.17 bits per heavy atom. The molecule has 1 aromatic carbocycles. The number of nitrogens with zero attached hydrogens (tertiary/aromatic N) is 1. The molecule has 0 amide bonds. The van der Waals surface area contributed by atoms with Gasteiger partial charge in [0, 0.05) is 10.6 Å². The number of carbonyl (C=O) groups excluding carboxylic acids is 1. The van der Waals surface area contributed by atoms with Crippen LogP contribution in [0.5, 0.6) is 0 Å². The largest absolute Gasteiger partial charge is 0.308 e. The molecule has 0 aromatic heterocycles. The quantitative estimate of drug-likeness (QED) is 0.653. The van der Waals surface area contributed by atoms with Gasteiger partial charge < -0.3 is 5.41 Å². The minimum absolute atomic E-state index is 0.115. The summed E-state index contributed by atoms with van der Waals surface area (Å²) < 4.78 is 0. The Labute approximate surface area is 112 Å². The molecule has 0 aliphatic heterocycles. The molecule has 0 spiro atoms. The standard InChI is InChI=1S/C14H16N2OS/c1-9-4-5-10(2)14(6-9)18-8-13(17)12(7-15)11(3)16/h4-6,12,16H,8H2,1-3H3/t12-/m1/s1. The molecule has 3 nitrogen and oxygen atoms in total. The average Bonchev–Trinajstić information content (AvgIpc) is 2.30. The Balaban J connectivity index is 2.71. The predicted molar refractivity (Wildman–Crippen MR) is 74.2 cm³/mol. The summed E-state index contributed by atoms with van der Waals surface area (Å²) >= 11 is 1.43. The lowest BCUT2D eigenvalue weighted by Crippen LogP contribution is -2.21. The maximum Gasteiger partial charge on any atom is 0.165 e. The van der Waals surface area contributed by atoms with Crippen molar-refractivity contribution in [1.82, 2.24) is 0 Å². The van der Waals surface area contributed by atoms with Gasteiger partial charge in [0.15, 0.2) is 5.78 Å². The van der Waals surface area contributed by atoms with Gasteiger partial charge in [-0.05, 0) is 32.4 Å². The van der Waals surface area contributed by atoms with Crippen LogP contribution in [0.2, 0.25) is 0 Å². The average molecular weight is 260 g/mol. The molecule has 94 valence electrons. The lowest BCUT2D eigenvalue weighted by molar-refractivity contribution is -0.117. The fourth-order valence-electron chi connectivity index (χ4n) is 1.51. The molecule has 0 aliphatic carbocycles. The highest BCUT2D eigenvalue weighted by Gasteiger charge is 2.20. The molecule has 0 aliphatic rings. The van der Waals surface area contributed by atoms with Crippen LogP contribution in [-0.2, 0) is 4.79 Å². The van der Waals surface area contributed by atoms with Crippen molar-refractivity contribution < 1.29 is 4.79 Å². The first kappa shape index (κ1) is 14.5. The lowest BCUT2D eigenvalue weighted by atomic mass is 10.0. The van der Waals surface area contributed by atoms with Crippen LogP contribution in [0.4, 0.5) is 0 Å². The van der Waals surface area contributed by atoms with E-state index in [0.29, 0.717) is 0 Å².